The molecule has 0 spiro atoms. The van der Waals surface area contributed by atoms with Gasteiger partial charge in [0.15, 0.2) is 0 Å². The predicted octanol–water partition coefficient (Wildman–Crippen LogP) is 2.81. The molecule has 2 aromatic carbocycles. The highest BCUT2D eigenvalue weighted by atomic mass is 16.2. The smallest absolute Gasteiger partial charge is 0.256 e. The van der Waals surface area contributed by atoms with Crippen molar-refractivity contribution < 1.29 is 9.59 Å². The van der Waals surface area contributed by atoms with Crippen molar-refractivity contribution in [1.29, 1.82) is 0 Å². The highest BCUT2D eigenvalue weighted by Gasteiger charge is 2.35. The predicted molar refractivity (Wildman–Crippen MR) is 95.2 cm³/mol. The number of carbonyl (C=O) groups excluding carboxylic acids is 2. The maximum Gasteiger partial charge on any atom is 0.256 e. The van der Waals surface area contributed by atoms with Crippen molar-refractivity contribution in [3.8, 4) is 0 Å². The summed E-state index contributed by atoms with van der Waals surface area (Å²) in [6.45, 7) is 0.580. The number of aromatic nitrogens is 2. The molecular weight excluding hydrogens is 316 g/mol. The molecule has 1 atom stereocenters. The molecule has 25 heavy (non-hydrogen) atoms. The van der Waals surface area contributed by atoms with E-state index in [1.165, 1.54) is 0 Å². The number of amides is 2. The summed E-state index contributed by atoms with van der Waals surface area (Å²) in [4.78, 5) is 27.3. The molecule has 4 rings (SSSR count). The van der Waals surface area contributed by atoms with Gasteiger partial charge in [0.2, 0.25) is 5.91 Å². The van der Waals surface area contributed by atoms with Gasteiger partial charge in [0.05, 0.1) is 17.3 Å². The molecule has 6 heteroatoms. The fourth-order valence-electron chi connectivity index (χ4n) is 3.33. The minimum absolute atomic E-state index is 0.138. The van der Waals surface area contributed by atoms with Gasteiger partial charge in [-0.25, -0.2) is 0 Å². The van der Waals surface area contributed by atoms with Crippen LogP contribution in [0.15, 0.2) is 54.7 Å². The van der Waals surface area contributed by atoms with Crippen molar-refractivity contribution in [1.82, 2.24) is 15.1 Å². The lowest BCUT2D eigenvalue weighted by molar-refractivity contribution is -0.119. The zero-order valence-electron chi connectivity index (χ0n) is 13.6. The van der Waals surface area contributed by atoms with E-state index in [4.69, 9.17) is 0 Å². The molecule has 2 amide bonds. The fraction of sp³-hybridized carbons (Fsp3) is 0.211. The van der Waals surface area contributed by atoms with Gasteiger partial charge in [0.1, 0.15) is 6.04 Å². The molecule has 1 aliphatic heterocycles. The molecule has 126 valence electrons. The summed E-state index contributed by atoms with van der Waals surface area (Å²) < 4.78 is 0. The molecule has 0 saturated carbocycles. The molecule has 2 N–H and O–H groups in total. The average molecular weight is 334 g/mol. The maximum absolute atomic E-state index is 13.0. The molecule has 6 nitrogen and oxygen atoms in total. The van der Waals surface area contributed by atoms with Crippen molar-refractivity contribution in [3.63, 3.8) is 0 Å². The normalized spacial score (nSPS) is 17.0. The van der Waals surface area contributed by atoms with Gasteiger partial charge in [0, 0.05) is 17.6 Å². The quantitative estimate of drug-likeness (QED) is 0.773. The summed E-state index contributed by atoms with van der Waals surface area (Å²) in [7, 11) is 0. The SMILES string of the molecule is O=C(Nc1ccccc1)[C@@H]1CCCN1C(=O)c1cccc2cn[nH]c12. The topological polar surface area (TPSA) is 78.1 Å². The van der Waals surface area contributed by atoms with E-state index in [1.807, 2.05) is 42.5 Å². The van der Waals surface area contributed by atoms with Crippen LogP contribution in [-0.2, 0) is 4.79 Å². The number of rotatable bonds is 3. The van der Waals surface area contributed by atoms with Gasteiger partial charge in [-0.1, -0.05) is 30.3 Å². The van der Waals surface area contributed by atoms with E-state index in [0.717, 1.165) is 17.5 Å². The van der Waals surface area contributed by atoms with E-state index in [1.54, 1.807) is 17.2 Å². The minimum Gasteiger partial charge on any atom is -0.327 e. The van der Waals surface area contributed by atoms with Gasteiger partial charge < -0.3 is 10.2 Å². The molecule has 0 aliphatic carbocycles. The summed E-state index contributed by atoms with van der Waals surface area (Å²) in [5.41, 5.74) is 2.00. The molecule has 0 bridgehead atoms. The van der Waals surface area contributed by atoms with Gasteiger partial charge >= 0.3 is 0 Å². The second kappa shape index (κ2) is 6.39. The van der Waals surface area contributed by atoms with E-state index >= 15 is 0 Å². The summed E-state index contributed by atoms with van der Waals surface area (Å²) in [5.74, 6) is -0.283. The summed E-state index contributed by atoms with van der Waals surface area (Å²) in [6.07, 6.45) is 3.18. The Labute approximate surface area is 144 Å². The molecule has 1 fully saturated rings. The number of likely N-dealkylation sites (tertiary alicyclic amines) is 1. The maximum atomic E-state index is 13.0. The molecule has 1 saturated heterocycles. The molecule has 2 heterocycles. The third-order valence-electron chi connectivity index (χ3n) is 4.56. The van der Waals surface area contributed by atoms with E-state index in [2.05, 4.69) is 15.5 Å². The molecular formula is C19H18N4O2. The summed E-state index contributed by atoms with van der Waals surface area (Å²) in [6, 6.07) is 14.4. The fourth-order valence-corrected chi connectivity index (χ4v) is 3.33. The number of hydrogen-bond acceptors (Lipinski definition) is 3. The Bertz CT molecular complexity index is 919. The first-order valence-electron chi connectivity index (χ1n) is 8.33. The lowest BCUT2D eigenvalue weighted by Crippen LogP contribution is -2.43. The second-order valence-electron chi connectivity index (χ2n) is 6.15. The zero-order chi connectivity index (χ0) is 17.2. The second-order valence-corrected chi connectivity index (χ2v) is 6.15. The summed E-state index contributed by atoms with van der Waals surface area (Å²) in [5, 5.41) is 10.7. The molecule has 0 radical (unpaired) electrons. The van der Waals surface area contributed by atoms with Crippen molar-refractivity contribution in [2.75, 3.05) is 11.9 Å². The zero-order valence-corrected chi connectivity index (χ0v) is 13.6. The largest absolute Gasteiger partial charge is 0.327 e. The Kier molecular flexibility index (Phi) is 3.93. The average Bonchev–Trinajstić information content (AvgIpc) is 3.31. The van der Waals surface area contributed by atoms with Crippen LogP contribution in [0.2, 0.25) is 0 Å². The molecule has 3 aromatic rings. The van der Waals surface area contributed by atoms with Gasteiger partial charge in [0.25, 0.3) is 5.91 Å². The van der Waals surface area contributed by atoms with Crippen molar-refractivity contribution in [2.45, 2.75) is 18.9 Å². The first-order valence-corrected chi connectivity index (χ1v) is 8.33. The number of carbonyl (C=O) groups is 2. The van der Waals surface area contributed by atoms with E-state index in [0.29, 0.717) is 24.0 Å². The molecule has 1 aromatic heterocycles. The number of anilines is 1. The van der Waals surface area contributed by atoms with Crippen LogP contribution in [0.4, 0.5) is 5.69 Å². The Morgan fingerprint density at radius 1 is 1.12 bits per heavy atom. The van der Waals surface area contributed by atoms with Gasteiger partial charge in [-0.05, 0) is 31.0 Å². The monoisotopic (exact) mass is 334 g/mol. The lowest BCUT2D eigenvalue weighted by Gasteiger charge is -2.24. The third-order valence-corrected chi connectivity index (χ3v) is 4.56. The molecule has 0 unspecified atom stereocenters. The summed E-state index contributed by atoms with van der Waals surface area (Å²) >= 11 is 0. The van der Waals surface area contributed by atoms with Gasteiger partial charge in [-0.2, -0.15) is 5.10 Å². The number of fused-ring (bicyclic) bond motifs is 1. The highest BCUT2D eigenvalue weighted by molar-refractivity contribution is 6.07. The van der Waals surface area contributed by atoms with Crippen molar-refractivity contribution in [2.24, 2.45) is 0 Å². The van der Waals surface area contributed by atoms with Gasteiger partial charge in [-0.15, -0.1) is 0 Å². The number of H-pyrrole nitrogens is 1. The van der Waals surface area contributed by atoms with E-state index in [9.17, 15) is 9.59 Å². The van der Waals surface area contributed by atoms with Crippen LogP contribution >= 0.6 is 0 Å². The van der Waals surface area contributed by atoms with Gasteiger partial charge in [-0.3, -0.25) is 14.7 Å². The van der Waals surface area contributed by atoms with Crippen LogP contribution in [-0.4, -0.2) is 39.5 Å². The van der Waals surface area contributed by atoms with Crippen LogP contribution in [0.5, 0.6) is 0 Å². The number of aromatic amines is 1. The lowest BCUT2D eigenvalue weighted by atomic mass is 10.1. The number of nitrogens with zero attached hydrogens (tertiary/aromatic N) is 2. The standard InChI is InChI=1S/C19H18N4O2/c24-18(21-14-7-2-1-3-8-14)16-10-5-11-23(16)19(25)15-9-4-6-13-12-20-22-17(13)15/h1-4,6-9,12,16H,5,10-11H2,(H,20,22)(H,21,24)/t16-/m0/s1. The Morgan fingerprint density at radius 3 is 2.80 bits per heavy atom. The van der Waals surface area contributed by atoms with Crippen LogP contribution in [0.1, 0.15) is 23.2 Å². The number of hydrogen-bond donors (Lipinski definition) is 2. The van der Waals surface area contributed by atoms with Crippen molar-refractivity contribution in [3.05, 3.63) is 60.3 Å². The van der Waals surface area contributed by atoms with Crippen LogP contribution < -0.4 is 5.32 Å². The Morgan fingerprint density at radius 2 is 1.96 bits per heavy atom. The highest BCUT2D eigenvalue weighted by Crippen LogP contribution is 2.24. The van der Waals surface area contributed by atoms with E-state index in [-0.39, 0.29) is 11.8 Å². The molecule has 1 aliphatic rings. The Balaban J connectivity index is 1.58. The van der Waals surface area contributed by atoms with E-state index < -0.39 is 6.04 Å². The first-order chi connectivity index (χ1) is 12.2. The van der Waals surface area contributed by atoms with Crippen molar-refractivity contribution >= 4 is 28.4 Å². The number of benzene rings is 2. The van der Waals surface area contributed by atoms with Crippen LogP contribution in [0.3, 0.4) is 0 Å². The van der Waals surface area contributed by atoms with Crippen LogP contribution in [0.25, 0.3) is 10.9 Å². The minimum atomic E-state index is -0.453. The number of para-hydroxylation sites is 2. The van der Waals surface area contributed by atoms with Crippen LogP contribution in [0, 0.1) is 0 Å². The Hall–Kier alpha value is -3.15. The third kappa shape index (κ3) is 2.87. The number of nitrogens with one attached hydrogen (secondary N) is 2. The first kappa shape index (κ1) is 15.4.